The van der Waals surface area contributed by atoms with Crippen LogP contribution in [-0.4, -0.2) is 34.6 Å². The van der Waals surface area contributed by atoms with Crippen molar-refractivity contribution in [3.05, 3.63) is 70.2 Å². The lowest BCUT2D eigenvalue weighted by atomic mass is 10.1. The molecule has 0 saturated heterocycles. The molecule has 2 aromatic carbocycles. The normalized spacial score (nSPS) is 12.8. The van der Waals surface area contributed by atoms with Gasteiger partial charge in [0.05, 0.1) is 5.75 Å². The van der Waals surface area contributed by atoms with Crippen LogP contribution in [-0.2, 0) is 21.9 Å². The fourth-order valence-corrected chi connectivity index (χ4v) is 4.20. The summed E-state index contributed by atoms with van der Waals surface area (Å²) in [6, 6.07) is 15.2. The standard InChI is InChI=1S/C24H31ClN2O2S/c1-5-18(3)26-24(29)19(4)27(14-20-10-8-9-17(2)13-20)23(28)16-30-15-21-11-6-7-12-22(21)25/h6-13,18-19H,5,14-16H2,1-4H3,(H,26,29)/t18-,19-/m1/s1. The van der Waals surface area contributed by atoms with E-state index in [1.54, 1.807) is 11.8 Å². The number of carbonyl (C=O) groups is 2. The zero-order chi connectivity index (χ0) is 22.1. The molecule has 0 radical (unpaired) electrons. The van der Waals surface area contributed by atoms with Crippen LogP contribution in [0.15, 0.2) is 48.5 Å². The second-order valence-electron chi connectivity index (χ2n) is 7.59. The van der Waals surface area contributed by atoms with Crippen molar-refractivity contribution in [3.63, 3.8) is 0 Å². The quantitative estimate of drug-likeness (QED) is 0.544. The van der Waals surface area contributed by atoms with Crippen LogP contribution in [0.2, 0.25) is 5.02 Å². The Morgan fingerprint density at radius 3 is 2.53 bits per heavy atom. The highest BCUT2D eigenvalue weighted by atomic mass is 35.5. The molecule has 2 atom stereocenters. The number of hydrogen-bond donors (Lipinski definition) is 1. The number of benzene rings is 2. The number of thioether (sulfide) groups is 1. The number of rotatable bonds is 10. The molecular formula is C24H31ClN2O2S. The number of hydrogen-bond acceptors (Lipinski definition) is 3. The third kappa shape index (κ3) is 7.37. The van der Waals surface area contributed by atoms with E-state index in [1.807, 2.05) is 63.2 Å². The summed E-state index contributed by atoms with van der Waals surface area (Å²) in [5.41, 5.74) is 3.15. The Morgan fingerprint density at radius 1 is 1.13 bits per heavy atom. The fourth-order valence-electron chi connectivity index (χ4n) is 3.00. The van der Waals surface area contributed by atoms with E-state index in [0.717, 1.165) is 23.1 Å². The first-order valence-electron chi connectivity index (χ1n) is 10.3. The van der Waals surface area contributed by atoms with Gasteiger partial charge in [0.2, 0.25) is 11.8 Å². The van der Waals surface area contributed by atoms with Gasteiger partial charge in [0.1, 0.15) is 6.04 Å². The molecule has 4 nitrogen and oxygen atoms in total. The molecule has 0 unspecified atom stereocenters. The van der Waals surface area contributed by atoms with Gasteiger partial charge in [-0.05, 0) is 44.4 Å². The molecule has 0 saturated carbocycles. The molecule has 0 fully saturated rings. The van der Waals surface area contributed by atoms with Crippen LogP contribution in [0.3, 0.4) is 0 Å². The SMILES string of the molecule is CC[C@@H](C)NC(=O)[C@@H](C)N(Cc1cccc(C)c1)C(=O)CSCc1ccccc1Cl. The lowest BCUT2D eigenvalue weighted by Gasteiger charge is -2.29. The van der Waals surface area contributed by atoms with Crippen molar-refractivity contribution in [2.24, 2.45) is 0 Å². The predicted molar refractivity (Wildman–Crippen MR) is 127 cm³/mol. The average molecular weight is 447 g/mol. The number of nitrogens with one attached hydrogen (secondary N) is 1. The Hall–Kier alpha value is -1.98. The van der Waals surface area contributed by atoms with E-state index < -0.39 is 6.04 Å². The Bertz CT molecular complexity index is 859. The van der Waals surface area contributed by atoms with Gasteiger partial charge in [-0.3, -0.25) is 9.59 Å². The molecule has 0 bridgehead atoms. The topological polar surface area (TPSA) is 49.4 Å². The van der Waals surface area contributed by atoms with Crippen LogP contribution in [0, 0.1) is 6.92 Å². The largest absolute Gasteiger partial charge is 0.352 e. The van der Waals surface area contributed by atoms with Crippen LogP contribution < -0.4 is 5.32 Å². The molecule has 0 spiro atoms. The number of halogens is 1. The van der Waals surface area contributed by atoms with Crippen LogP contribution in [0.25, 0.3) is 0 Å². The average Bonchev–Trinajstić information content (AvgIpc) is 2.72. The van der Waals surface area contributed by atoms with Crippen LogP contribution in [0.5, 0.6) is 0 Å². The first kappa shape index (κ1) is 24.3. The minimum Gasteiger partial charge on any atom is -0.352 e. The number of aryl methyl sites for hydroxylation is 1. The number of carbonyl (C=O) groups excluding carboxylic acids is 2. The Balaban J connectivity index is 2.09. The van der Waals surface area contributed by atoms with E-state index in [2.05, 4.69) is 11.4 Å². The van der Waals surface area contributed by atoms with E-state index >= 15 is 0 Å². The van der Waals surface area contributed by atoms with Gasteiger partial charge in [-0.2, -0.15) is 0 Å². The number of amides is 2. The van der Waals surface area contributed by atoms with Crippen LogP contribution in [0.4, 0.5) is 0 Å². The van der Waals surface area contributed by atoms with Gasteiger partial charge < -0.3 is 10.2 Å². The van der Waals surface area contributed by atoms with Gasteiger partial charge in [-0.1, -0.05) is 66.6 Å². The van der Waals surface area contributed by atoms with E-state index in [1.165, 1.54) is 11.8 Å². The highest BCUT2D eigenvalue weighted by molar-refractivity contribution is 7.99. The molecule has 2 rings (SSSR count). The molecule has 0 aliphatic rings. The van der Waals surface area contributed by atoms with Gasteiger partial charge in [-0.25, -0.2) is 0 Å². The number of nitrogens with zero attached hydrogens (tertiary/aromatic N) is 1. The summed E-state index contributed by atoms with van der Waals surface area (Å²) in [6.45, 7) is 8.22. The molecule has 0 aromatic heterocycles. The minimum atomic E-state index is -0.548. The van der Waals surface area contributed by atoms with Crippen molar-refractivity contribution in [1.82, 2.24) is 10.2 Å². The lowest BCUT2D eigenvalue weighted by Crippen LogP contribution is -2.50. The summed E-state index contributed by atoms with van der Waals surface area (Å²) in [4.78, 5) is 27.5. The monoisotopic (exact) mass is 446 g/mol. The molecule has 6 heteroatoms. The second-order valence-corrected chi connectivity index (χ2v) is 8.98. The van der Waals surface area contributed by atoms with E-state index in [9.17, 15) is 9.59 Å². The second kappa shape index (κ2) is 12.0. The molecule has 162 valence electrons. The first-order valence-corrected chi connectivity index (χ1v) is 11.8. The maximum absolute atomic E-state index is 13.1. The lowest BCUT2D eigenvalue weighted by molar-refractivity contribution is -0.138. The molecule has 30 heavy (non-hydrogen) atoms. The fraction of sp³-hybridized carbons (Fsp3) is 0.417. The first-order chi connectivity index (χ1) is 14.3. The van der Waals surface area contributed by atoms with Gasteiger partial charge in [-0.15, -0.1) is 11.8 Å². The van der Waals surface area contributed by atoms with Gasteiger partial charge >= 0.3 is 0 Å². The van der Waals surface area contributed by atoms with Gasteiger partial charge in [0.15, 0.2) is 0 Å². The van der Waals surface area contributed by atoms with Crippen LogP contribution >= 0.6 is 23.4 Å². The Kier molecular flexibility index (Phi) is 9.73. The molecule has 0 aliphatic carbocycles. The summed E-state index contributed by atoms with van der Waals surface area (Å²) >= 11 is 7.73. The Labute approximate surface area is 189 Å². The predicted octanol–water partition coefficient (Wildman–Crippen LogP) is 5.21. The van der Waals surface area contributed by atoms with E-state index in [-0.39, 0.29) is 23.6 Å². The summed E-state index contributed by atoms with van der Waals surface area (Å²) in [6.07, 6.45) is 0.845. The van der Waals surface area contributed by atoms with Crippen molar-refractivity contribution in [3.8, 4) is 0 Å². The van der Waals surface area contributed by atoms with Crippen molar-refractivity contribution in [2.45, 2.75) is 58.5 Å². The third-order valence-electron chi connectivity index (χ3n) is 5.04. The summed E-state index contributed by atoms with van der Waals surface area (Å²) in [5.74, 6) is 0.761. The van der Waals surface area contributed by atoms with Crippen LogP contribution in [0.1, 0.15) is 43.9 Å². The zero-order valence-electron chi connectivity index (χ0n) is 18.2. The van der Waals surface area contributed by atoms with Crippen molar-refractivity contribution >= 4 is 35.2 Å². The Morgan fingerprint density at radius 2 is 1.87 bits per heavy atom. The van der Waals surface area contributed by atoms with Gasteiger partial charge in [0, 0.05) is 23.4 Å². The maximum Gasteiger partial charge on any atom is 0.242 e. The molecule has 0 heterocycles. The van der Waals surface area contributed by atoms with E-state index in [4.69, 9.17) is 11.6 Å². The molecule has 1 N–H and O–H groups in total. The zero-order valence-corrected chi connectivity index (χ0v) is 19.7. The van der Waals surface area contributed by atoms with Crippen molar-refractivity contribution in [1.29, 1.82) is 0 Å². The maximum atomic E-state index is 13.1. The van der Waals surface area contributed by atoms with Gasteiger partial charge in [0.25, 0.3) is 0 Å². The van der Waals surface area contributed by atoms with Crippen molar-refractivity contribution in [2.75, 3.05) is 5.75 Å². The third-order valence-corrected chi connectivity index (χ3v) is 6.38. The van der Waals surface area contributed by atoms with Crippen molar-refractivity contribution < 1.29 is 9.59 Å². The molecule has 0 aliphatic heterocycles. The smallest absolute Gasteiger partial charge is 0.242 e. The summed E-state index contributed by atoms with van der Waals surface area (Å²) in [5, 5.41) is 3.70. The molecular weight excluding hydrogens is 416 g/mol. The summed E-state index contributed by atoms with van der Waals surface area (Å²) < 4.78 is 0. The molecule has 2 aromatic rings. The highest BCUT2D eigenvalue weighted by Crippen LogP contribution is 2.22. The molecule has 2 amide bonds. The summed E-state index contributed by atoms with van der Waals surface area (Å²) in [7, 11) is 0. The minimum absolute atomic E-state index is 0.0552. The van der Waals surface area contributed by atoms with E-state index in [0.29, 0.717) is 17.3 Å². The highest BCUT2D eigenvalue weighted by Gasteiger charge is 2.26.